The first kappa shape index (κ1) is 14.7. The van der Waals surface area contributed by atoms with Gasteiger partial charge in [-0.3, -0.25) is 4.79 Å². The van der Waals surface area contributed by atoms with Gasteiger partial charge in [-0.15, -0.1) is 5.10 Å². The van der Waals surface area contributed by atoms with Crippen molar-refractivity contribution in [3.8, 4) is 0 Å². The molecule has 7 nitrogen and oxygen atoms in total. The van der Waals surface area contributed by atoms with E-state index in [1.807, 2.05) is 32.0 Å². The normalized spacial score (nSPS) is 12.0. The fraction of sp³-hybridized carbons (Fsp3) is 0.286. The molecule has 0 spiro atoms. The monoisotopic (exact) mass is 288 g/mol. The van der Waals surface area contributed by atoms with Crippen molar-refractivity contribution in [3.63, 3.8) is 0 Å². The molecule has 0 saturated carbocycles. The van der Waals surface area contributed by atoms with E-state index in [0.29, 0.717) is 0 Å². The maximum atomic E-state index is 12.2. The zero-order chi connectivity index (χ0) is 15.6. The van der Waals surface area contributed by atoms with Crippen LogP contribution >= 0.6 is 0 Å². The van der Waals surface area contributed by atoms with E-state index in [2.05, 4.69) is 15.6 Å². The van der Waals surface area contributed by atoms with Crippen LogP contribution in [0.3, 0.4) is 0 Å². The Morgan fingerprint density at radius 2 is 2.05 bits per heavy atom. The van der Waals surface area contributed by atoms with Gasteiger partial charge in [0.2, 0.25) is 5.91 Å². The molecule has 21 heavy (non-hydrogen) atoms. The first-order valence-corrected chi connectivity index (χ1v) is 6.41. The van der Waals surface area contributed by atoms with Gasteiger partial charge in [0.25, 0.3) is 0 Å². The van der Waals surface area contributed by atoms with E-state index >= 15 is 0 Å². The number of carboxylic acid groups (broad SMARTS) is 1. The molecule has 1 aromatic carbocycles. The van der Waals surface area contributed by atoms with Gasteiger partial charge in [0.15, 0.2) is 5.69 Å². The molecule has 0 radical (unpaired) electrons. The van der Waals surface area contributed by atoms with E-state index in [1.54, 1.807) is 6.92 Å². The van der Waals surface area contributed by atoms with Crippen LogP contribution in [0.2, 0.25) is 0 Å². The first-order chi connectivity index (χ1) is 9.88. The molecule has 2 rings (SSSR count). The number of hydrogen-bond donors (Lipinski definition) is 2. The zero-order valence-corrected chi connectivity index (χ0v) is 12.0. The summed E-state index contributed by atoms with van der Waals surface area (Å²) in [4.78, 5) is 23.0. The summed E-state index contributed by atoms with van der Waals surface area (Å²) in [6, 6.07) is 5.10. The van der Waals surface area contributed by atoms with E-state index in [9.17, 15) is 9.59 Å². The molecule has 0 aliphatic rings. The molecule has 0 aliphatic carbocycles. The molecular formula is C14H16N4O3. The van der Waals surface area contributed by atoms with Crippen molar-refractivity contribution in [1.82, 2.24) is 15.0 Å². The van der Waals surface area contributed by atoms with Gasteiger partial charge in [-0.1, -0.05) is 17.3 Å². The lowest BCUT2D eigenvalue weighted by atomic mass is 10.1. The van der Waals surface area contributed by atoms with E-state index in [-0.39, 0.29) is 11.6 Å². The molecule has 1 amide bonds. The molecule has 0 fully saturated rings. The number of aromatic carboxylic acids is 1. The van der Waals surface area contributed by atoms with Crippen LogP contribution in [-0.4, -0.2) is 32.0 Å². The Bertz CT molecular complexity index is 693. The van der Waals surface area contributed by atoms with E-state index in [4.69, 9.17) is 5.11 Å². The van der Waals surface area contributed by atoms with Crippen molar-refractivity contribution in [3.05, 3.63) is 41.2 Å². The summed E-state index contributed by atoms with van der Waals surface area (Å²) in [7, 11) is 0. The molecule has 1 unspecified atom stereocenters. The fourth-order valence-corrected chi connectivity index (χ4v) is 1.79. The number of nitrogens with one attached hydrogen (secondary N) is 1. The topological polar surface area (TPSA) is 97.1 Å². The number of nitrogens with zero attached hydrogens (tertiary/aromatic N) is 3. The van der Waals surface area contributed by atoms with E-state index in [0.717, 1.165) is 16.8 Å². The number of aryl methyl sites for hydroxylation is 2. The lowest BCUT2D eigenvalue weighted by molar-refractivity contribution is -0.119. The van der Waals surface area contributed by atoms with Crippen molar-refractivity contribution in [2.45, 2.75) is 26.8 Å². The molecule has 110 valence electrons. The second kappa shape index (κ2) is 5.74. The van der Waals surface area contributed by atoms with Gasteiger partial charge in [-0.2, -0.15) is 0 Å². The molecular weight excluding hydrogens is 272 g/mol. The number of anilines is 1. The Labute approximate surface area is 121 Å². The maximum absolute atomic E-state index is 12.2. The van der Waals surface area contributed by atoms with Crippen LogP contribution in [0.15, 0.2) is 24.4 Å². The van der Waals surface area contributed by atoms with Gasteiger partial charge in [0, 0.05) is 5.69 Å². The smallest absolute Gasteiger partial charge is 0.358 e. The molecule has 1 aromatic heterocycles. The van der Waals surface area contributed by atoms with Crippen LogP contribution < -0.4 is 5.32 Å². The largest absolute Gasteiger partial charge is 0.476 e. The lowest BCUT2D eigenvalue weighted by Crippen LogP contribution is -2.24. The Morgan fingerprint density at radius 1 is 1.33 bits per heavy atom. The predicted molar refractivity (Wildman–Crippen MR) is 76.2 cm³/mol. The van der Waals surface area contributed by atoms with E-state index < -0.39 is 12.0 Å². The fourth-order valence-electron chi connectivity index (χ4n) is 1.79. The van der Waals surface area contributed by atoms with Crippen molar-refractivity contribution < 1.29 is 14.7 Å². The summed E-state index contributed by atoms with van der Waals surface area (Å²) in [5.41, 5.74) is 2.52. The van der Waals surface area contributed by atoms with Crippen LogP contribution in [0.1, 0.15) is 34.6 Å². The summed E-state index contributed by atoms with van der Waals surface area (Å²) in [6.45, 7) is 5.47. The summed E-state index contributed by atoms with van der Waals surface area (Å²) < 4.78 is 1.23. The standard InChI is InChI=1S/C14H16N4O3/c1-8-4-5-9(2)11(6-8)15-13(19)10(3)18-7-12(14(20)21)16-17-18/h4-7,10H,1-3H3,(H,15,19)(H,20,21). The quantitative estimate of drug-likeness (QED) is 0.894. The molecule has 7 heteroatoms. The second-order valence-corrected chi connectivity index (χ2v) is 4.87. The minimum atomic E-state index is -1.18. The third kappa shape index (κ3) is 3.25. The van der Waals surface area contributed by atoms with Crippen molar-refractivity contribution in [2.75, 3.05) is 5.32 Å². The van der Waals surface area contributed by atoms with E-state index in [1.165, 1.54) is 10.9 Å². The number of hydrogen-bond acceptors (Lipinski definition) is 4. The zero-order valence-electron chi connectivity index (χ0n) is 12.0. The Balaban J connectivity index is 2.15. The number of amides is 1. The Morgan fingerprint density at radius 3 is 2.67 bits per heavy atom. The molecule has 2 N–H and O–H groups in total. The van der Waals surface area contributed by atoms with Crippen LogP contribution in [0.5, 0.6) is 0 Å². The van der Waals surface area contributed by atoms with Gasteiger partial charge in [-0.25, -0.2) is 9.48 Å². The number of carbonyl (C=O) groups excluding carboxylic acids is 1. The van der Waals surface area contributed by atoms with Crippen LogP contribution in [0, 0.1) is 13.8 Å². The average Bonchev–Trinajstić information content (AvgIpc) is 2.91. The Kier molecular flexibility index (Phi) is 4.02. The van der Waals surface area contributed by atoms with Crippen molar-refractivity contribution >= 4 is 17.6 Å². The van der Waals surface area contributed by atoms with Gasteiger partial charge in [0.05, 0.1) is 6.20 Å². The average molecular weight is 288 g/mol. The SMILES string of the molecule is Cc1ccc(C)c(NC(=O)C(C)n2cc(C(=O)O)nn2)c1. The van der Waals surface area contributed by atoms with Gasteiger partial charge < -0.3 is 10.4 Å². The van der Waals surface area contributed by atoms with Crippen LogP contribution in [-0.2, 0) is 4.79 Å². The molecule has 0 aliphatic heterocycles. The van der Waals surface area contributed by atoms with Crippen LogP contribution in [0.4, 0.5) is 5.69 Å². The summed E-state index contributed by atoms with van der Waals surface area (Å²) >= 11 is 0. The highest BCUT2D eigenvalue weighted by molar-refractivity contribution is 5.94. The highest BCUT2D eigenvalue weighted by atomic mass is 16.4. The first-order valence-electron chi connectivity index (χ1n) is 6.41. The minimum Gasteiger partial charge on any atom is -0.476 e. The third-order valence-electron chi connectivity index (χ3n) is 3.16. The predicted octanol–water partition coefficient (Wildman–Crippen LogP) is 1.79. The minimum absolute atomic E-state index is 0.193. The number of rotatable bonds is 4. The molecule has 1 heterocycles. The summed E-state index contributed by atoms with van der Waals surface area (Å²) in [5, 5.41) is 18.8. The summed E-state index contributed by atoms with van der Waals surface area (Å²) in [5.74, 6) is -1.46. The highest BCUT2D eigenvalue weighted by Gasteiger charge is 2.19. The van der Waals surface area contributed by atoms with Crippen LogP contribution in [0.25, 0.3) is 0 Å². The Hall–Kier alpha value is -2.70. The summed E-state index contributed by atoms with van der Waals surface area (Å²) in [6.07, 6.45) is 1.23. The number of benzene rings is 1. The number of carboxylic acids is 1. The lowest BCUT2D eigenvalue weighted by Gasteiger charge is -2.14. The third-order valence-corrected chi connectivity index (χ3v) is 3.16. The molecule has 2 aromatic rings. The number of carbonyl (C=O) groups is 2. The van der Waals surface area contributed by atoms with Gasteiger partial charge in [0.1, 0.15) is 6.04 Å². The molecule has 0 bridgehead atoms. The maximum Gasteiger partial charge on any atom is 0.358 e. The van der Waals surface area contributed by atoms with Crippen molar-refractivity contribution in [2.24, 2.45) is 0 Å². The van der Waals surface area contributed by atoms with Gasteiger partial charge >= 0.3 is 5.97 Å². The highest BCUT2D eigenvalue weighted by Crippen LogP contribution is 2.18. The van der Waals surface area contributed by atoms with Crippen molar-refractivity contribution in [1.29, 1.82) is 0 Å². The molecule has 0 saturated heterocycles. The number of aromatic nitrogens is 3. The second-order valence-electron chi connectivity index (χ2n) is 4.87. The van der Waals surface area contributed by atoms with Gasteiger partial charge in [-0.05, 0) is 38.0 Å². The molecule has 1 atom stereocenters.